The van der Waals surface area contributed by atoms with Gasteiger partial charge in [-0.3, -0.25) is 0 Å². The molecule has 132 valence electrons. The summed E-state index contributed by atoms with van der Waals surface area (Å²) >= 11 is 0. The Labute approximate surface area is 150 Å². The number of aliphatic hydroxyl groups excluding tert-OH is 1. The molecule has 3 nitrogen and oxygen atoms in total. The minimum atomic E-state index is -2.60. The molecule has 1 N–H and O–H groups in total. The second-order valence-corrected chi connectivity index (χ2v) is 8.67. The molecule has 25 heavy (non-hydrogen) atoms. The minimum Gasteiger partial charge on any atom is -0.388 e. The van der Waals surface area contributed by atoms with Crippen molar-refractivity contribution in [2.45, 2.75) is 36.7 Å². The Kier molecular flexibility index (Phi) is 5.71. The SMILES string of the molecule is CN=[S@@](=O)(/C=C1/CCCC[C@H]1[C@@H](O)c1ccccc1)c1ccccc1. The van der Waals surface area contributed by atoms with E-state index in [2.05, 4.69) is 4.36 Å². The van der Waals surface area contributed by atoms with E-state index < -0.39 is 15.8 Å². The molecule has 3 atom stereocenters. The number of rotatable bonds is 4. The Balaban J connectivity index is 1.98. The van der Waals surface area contributed by atoms with Crippen molar-refractivity contribution in [1.29, 1.82) is 0 Å². The summed E-state index contributed by atoms with van der Waals surface area (Å²) < 4.78 is 17.6. The highest BCUT2D eigenvalue weighted by Gasteiger charge is 2.28. The Morgan fingerprint density at radius 2 is 1.72 bits per heavy atom. The fraction of sp³-hybridized carbons (Fsp3) is 0.333. The smallest absolute Gasteiger partial charge is 0.0966 e. The van der Waals surface area contributed by atoms with Gasteiger partial charge in [0.05, 0.1) is 20.7 Å². The van der Waals surface area contributed by atoms with Gasteiger partial charge in [0.1, 0.15) is 0 Å². The molecule has 0 bridgehead atoms. The first-order chi connectivity index (χ1) is 12.1. The van der Waals surface area contributed by atoms with Crippen LogP contribution < -0.4 is 0 Å². The molecule has 0 amide bonds. The van der Waals surface area contributed by atoms with E-state index in [0.717, 1.165) is 41.7 Å². The van der Waals surface area contributed by atoms with Gasteiger partial charge in [-0.2, -0.15) is 0 Å². The van der Waals surface area contributed by atoms with Gasteiger partial charge in [-0.25, -0.2) is 8.57 Å². The highest BCUT2D eigenvalue weighted by Crippen LogP contribution is 2.39. The molecule has 0 saturated heterocycles. The van der Waals surface area contributed by atoms with Crippen molar-refractivity contribution in [2.24, 2.45) is 10.3 Å². The molecule has 4 heteroatoms. The van der Waals surface area contributed by atoms with E-state index >= 15 is 0 Å². The van der Waals surface area contributed by atoms with Crippen molar-refractivity contribution in [3.63, 3.8) is 0 Å². The molecule has 1 saturated carbocycles. The van der Waals surface area contributed by atoms with Crippen LogP contribution in [0.15, 0.2) is 80.9 Å². The zero-order chi connectivity index (χ0) is 17.7. The van der Waals surface area contributed by atoms with Crippen molar-refractivity contribution in [3.8, 4) is 0 Å². The van der Waals surface area contributed by atoms with Gasteiger partial charge in [-0.05, 0) is 37.0 Å². The average molecular weight is 356 g/mol. The maximum atomic E-state index is 13.4. The van der Waals surface area contributed by atoms with Gasteiger partial charge >= 0.3 is 0 Å². The van der Waals surface area contributed by atoms with Crippen LogP contribution in [0.3, 0.4) is 0 Å². The van der Waals surface area contributed by atoms with Crippen LogP contribution in [0.5, 0.6) is 0 Å². The van der Waals surface area contributed by atoms with Gasteiger partial charge in [0.15, 0.2) is 0 Å². The quantitative estimate of drug-likeness (QED) is 0.843. The first-order valence-corrected chi connectivity index (χ1v) is 10.4. The largest absolute Gasteiger partial charge is 0.388 e. The highest BCUT2D eigenvalue weighted by molar-refractivity contribution is 7.96. The lowest BCUT2D eigenvalue weighted by Crippen LogP contribution is -2.19. The average Bonchev–Trinajstić information content (AvgIpc) is 2.69. The van der Waals surface area contributed by atoms with E-state index in [9.17, 15) is 9.32 Å². The Hall–Kier alpha value is -1.91. The van der Waals surface area contributed by atoms with Gasteiger partial charge in [-0.1, -0.05) is 60.5 Å². The van der Waals surface area contributed by atoms with E-state index in [1.165, 1.54) is 0 Å². The summed E-state index contributed by atoms with van der Waals surface area (Å²) in [5.74, 6) is 0.00226. The summed E-state index contributed by atoms with van der Waals surface area (Å²) in [7, 11) is -0.993. The van der Waals surface area contributed by atoms with E-state index in [-0.39, 0.29) is 5.92 Å². The van der Waals surface area contributed by atoms with Crippen molar-refractivity contribution in [1.82, 2.24) is 0 Å². The number of nitrogens with zero attached hydrogens (tertiary/aromatic N) is 1. The number of hydrogen-bond acceptors (Lipinski definition) is 3. The molecule has 0 radical (unpaired) electrons. The summed E-state index contributed by atoms with van der Waals surface area (Å²) in [4.78, 5) is 0.725. The van der Waals surface area contributed by atoms with E-state index in [0.29, 0.717) is 0 Å². The standard InChI is InChI=1S/C21H25NO2S/c1-22-25(24,19-13-6-3-7-14-19)16-18-12-8-9-15-20(18)21(23)17-10-4-2-5-11-17/h2-7,10-11,13-14,16,20-21,23H,8-9,12,15H2,1H3/b18-16-/t20-,21+,25-/m1/s1. The first-order valence-electron chi connectivity index (χ1n) is 8.78. The third-order valence-corrected chi connectivity index (χ3v) is 7.00. The highest BCUT2D eigenvalue weighted by atomic mass is 32.2. The normalized spacial score (nSPS) is 23.0. The first kappa shape index (κ1) is 17.9. The van der Waals surface area contributed by atoms with Crippen LogP contribution in [-0.4, -0.2) is 16.4 Å². The minimum absolute atomic E-state index is 0.00226. The maximum absolute atomic E-state index is 13.4. The molecule has 0 aliphatic heterocycles. The molecule has 0 aromatic heterocycles. The third-order valence-electron chi connectivity index (χ3n) is 4.89. The van der Waals surface area contributed by atoms with Crippen LogP contribution in [0.25, 0.3) is 0 Å². The topological polar surface area (TPSA) is 49.7 Å². The second kappa shape index (κ2) is 7.98. The van der Waals surface area contributed by atoms with Crippen LogP contribution in [-0.2, 0) is 9.73 Å². The molecule has 1 aliphatic rings. The lowest BCUT2D eigenvalue weighted by Gasteiger charge is -2.30. The molecule has 1 fully saturated rings. The zero-order valence-corrected chi connectivity index (χ0v) is 15.4. The molecule has 0 unspecified atom stereocenters. The summed E-state index contributed by atoms with van der Waals surface area (Å²) in [6.07, 6.45) is 3.37. The van der Waals surface area contributed by atoms with Crippen LogP contribution in [0, 0.1) is 5.92 Å². The lowest BCUT2D eigenvalue weighted by molar-refractivity contribution is 0.112. The van der Waals surface area contributed by atoms with Crippen LogP contribution >= 0.6 is 0 Å². The summed E-state index contributed by atoms with van der Waals surface area (Å²) in [5, 5.41) is 12.7. The fourth-order valence-corrected chi connectivity index (χ4v) is 5.20. The molecule has 0 heterocycles. The van der Waals surface area contributed by atoms with Crippen molar-refractivity contribution in [2.75, 3.05) is 7.05 Å². The van der Waals surface area contributed by atoms with Gasteiger partial charge in [0.2, 0.25) is 0 Å². The molecule has 1 aliphatic carbocycles. The van der Waals surface area contributed by atoms with Gasteiger partial charge in [-0.15, -0.1) is 0 Å². The van der Waals surface area contributed by atoms with E-state index in [4.69, 9.17) is 0 Å². The number of benzene rings is 2. The lowest BCUT2D eigenvalue weighted by atomic mass is 9.79. The van der Waals surface area contributed by atoms with Crippen molar-refractivity contribution in [3.05, 3.63) is 77.2 Å². The van der Waals surface area contributed by atoms with Crippen molar-refractivity contribution >= 4 is 9.73 Å². The van der Waals surface area contributed by atoms with Crippen LogP contribution in [0.1, 0.15) is 37.4 Å². The third kappa shape index (κ3) is 4.02. The Bertz CT molecular complexity index is 837. The molecule has 3 rings (SSSR count). The fourth-order valence-electron chi connectivity index (χ4n) is 3.50. The van der Waals surface area contributed by atoms with Crippen LogP contribution in [0.2, 0.25) is 0 Å². The molecule has 2 aromatic carbocycles. The predicted octanol–water partition coefficient (Wildman–Crippen LogP) is 4.95. The van der Waals surface area contributed by atoms with Gasteiger partial charge < -0.3 is 5.11 Å². The van der Waals surface area contributed by atoms with E-state index in [1.54, 1.807) is 7.05 Å². The molecule has 2 aromatic rings. The van der Waals surface area contributed by atoms with E-state index in [1.807, 2.05) is 66.1 Å². The van der Waals surface area contributed by atoms with Crippen molar-refractivity contribution < 1.29 is 9.32 Å². The Morgan fingerprint density at radius 1 is 1.08 bits per heavy atom. The second-order valence-electron chi connectivity index (χ2n) is 6.46. The molecular weight excluding hydrogens is 330 g/mol. The molecule has 0 spiro atoms. The summed E-state index contributed by atoms with van der Waals surface area (Å²) in [5.41, 5.74) is 1.99. The number of aliphatic hydroxyl groups is 1. The molecular formula is C21H25NO2S. The van der Waals surface area contributed by atoms with Gasteiger partial charge in [0.25, 0.3) is 0 Å². The maximum Gasteiger partial charge on any atom is 0.0966 e. The number of hydrogen-bond donors (Lipinski definition) is 1. The zero-order valence-electron chi connectivity index (χ0n) is 14.5. The summed E-state index contributed by atoms with van der Waals surface area (Å²) in [6.45, 7) is 0. The Morgan fingerprint density at radius 3 is 2.36 bits per heavy atom. The summed E-state index contributed by atoms with van der Waals surface area (Å²) in [6, 6.07) is 19.1. The monoisotopic (exact) mass is 355 g/mol. The predicted molar refractivity (Wildman–Crippen MR) is 103 cm³/mol. The van der Waals surface area contributed by atoms with Gasteiger partial charge in [0, 0.05) is 18.4 Å². The van der Waals surface area contributed by atoms with Crippen LogP contribution in [0.4, 0.5) is 0 Å².